The molecule has 2 aromatic rings. The average molecular weight is 375 g/mol. The molecule has 106 valence electrons. The highest BCUT2D eigenvalue weighted by Crippen LogP contribution is 2.30. The van der Waals surface area contributed by atoms with E-state index < -0.39 is 0 Å². The number of rotatable bonds is 4. The second kappa shape index (κ2) is 6.70. The van der Waals surface area contributed by atoms with E-state index in [0.29, 0.717) is 16.6 Å². The van der Waals surface area contributed by atoms with E-state index in [4.69, 9.17) is 27.9 Å². The van der Waals surface area contributed by atoms with Gasteiger partial charge in [0.2, 0.25) is 0 Å². The number of anilines is 1. The van der Waals surface area contributed by atoms with Crippen molar-refractivity contribution in [3.8, 4) is 5.75 Å². The molecule has 0 atom stereocenters. The van der Waals surface area contributed by atoms with Crippen LogP contribution in [0.25, 0.3) is 0 Å². The first-order chi connectivity index (χ1) is 9.51. The standard InChI is InChI=1S/C15H14BrCl2NO/c1-9-5-13(18)14(7-12(9)17)19-8-10-6-11(16)3-4-15(10)20-2/h3-7,19H,8H2,1-2H3. The van der Waals surface area contributed by atoms with Crippen molar-refractivity contribution in [1.82, 2.24) is 0 Å². The van der Waals surface area contributed by atoms with Crippen LogP contribution >= 0.6 is 39.1 Å². The monoisotopic (exact) mass is 373 g/mol. The lowest BCUT2D eigenvalue weighted by atomic mass is 10.2. The number of ether oxygens (including phenoxy) is 1. The van der Waals surface area contributed by atoms with Crippen molar-refractivity contribution >= 4 is 44.8 Å². The second-order valence-electron chi connectivity index (χ2n) is 4.39. The van der Waals surface area contributed by atoms with E-state index in [-0.39, 0.29) is 0 Å². The lowest BCUT2D eigenvalue weighted by molar-refractivity contribution is 0.410. The predicted octanol–water partition coefficient (Wildman–Crippen LogP) is 5.69. The Labute approximate surface area is 137 Å². The van der Waals surface area contributed by atoms with Crippen LogP contribution in [0.2, 0.25) is 10.0 Å². The largest absolute Gasteiger partial charge is 0.496 e. The molecule has 0 unspecified atom stereocenters. The van der Waals surface area contributed by atoms with Gasteiger partial charge in [-0.1, -0.05) is 39.1 Å². The Hall–Kier alpha value is -0.900. The van der Waals surface area contributed by atoms with E-state index in [1.54, 1.807) is 7.11 Å². The second-order valence-corrected chi connectivity index (χ2v) is 6.12. The lowest BCUT2D eigenvalue weighted by Crippen LogP contribution is -2.02. The number of halogens is 3. The summed E-state index contributed by atoms with van der Waals surface area (Å²) in [6.45, 7) is 2.52. The fourth-order valence-corrected chi connectivity index (χ4v) is 2.71. The van der Waals surface area contributed by atoms with Crippen LogP contribution in [0.4, 0.5) is 5.69 Å². The number of hydrogen-bond acceptors (Lipinski definition) is 2. The summed E-state index contributed by atoms with van der Waals surface area (Å²) in [6.07, 6.45) is 0. The molecule has 0 aliphatic heterocycles. The summed E-state index contributed by atoms with van der Waals surface area (Å²) >= 11 is 15.8. The molecule has 0 saturated carbocycles. The number of methoxy groups -OCH3 is 1. The molecule has 0 amide bonds. The van der Waals surface area contributed by atoms with E-state index in [0.717, 1.165) is 27.0 Å². The van der Waals surface area contributed by atoms with Gasteiger partial charge >= 0.3 is 0 Å². The van der Waals surface area contributed by atoms with Crippen molar-refractivity contribution in [1.29, 1.82) is 0 Å². The van der Waals surface area contributed by atoms with Crippen molar-refractivity contribution in [2.24, 2.45) is 0 Å². The molecule has 0 aromatic heterocycles. The molecular formula is C15H14BrCl2NO. The Morgan fingerprint density at radius 2 is 1.90 bits per heavy atom. The van der Waals surface area contributed by atoms with Crippen molar-refractivity contribution < 1.29 is 4.74 Å². The summed E-state index contributed by atoms with van der Waals surface area (Å²) in [7, 11) is 1.66. The molecule has 0 saturated heterocycles. The smallest absolute Gasteiger partial charge is 0.123 e. The fraction of sp³-hybridized carbons (Fsp3) is 0.200. The molecule has 0 aliphatic carbocycles. The molecule has 0 aliphatic rings. The van der Waals surface area contributed by atoms with E-state index >= 15 is 0 Å². The Kier molecular flexibility index (Phi) is 5.19. The van der Waals surface area contributed by atoms with E-state index in [1.165, 1.54) is 0 Å². The molecule has 0 spiro atoms. The van der Waals surface area contributed by atoms with Crippen LogP contribution in [0.1, 0.15) is 11.1 Å². The minimum atomic E-state index is 0.599. The summed E-state index contributed by atoms with van der Waals surface area (Å²) in [5, 5.41) is 4.63. The van der Waals surface area contributed by atoms with Gasteiger partial charge in [0.15, 0.2) is 0 Å². The van der Waals surface area contributed by atoms with Crippen LogP contribution < -0.4 is 10.1 Å². The van der Waals surface area contributed by atoms with Gasteiger partial charge in [0.05, 0.1) is 17.8 Å². The minimum Gasteiger partial charge on any atom is -0.496 e. The van der Waals surface area contributed by atoms with E-state index in [2.05, 4.69) is 21.2 Å². The van der Waals surface area contributed by atoms with Crippen molar-refractivity contribution in [2.45, 2.75) is 13.5 Å². The van der Waals surface area contributed by atoms with Gasteiger partial charge in [-0.15, -0.1) is 0 Å². The highest BCUT2D eigenvalue weighted by atomic mass is 79.9. The first-order valence-electron chi connectivity index (χ1n) is 6.03. The van der Waals surface area contributed by atoms with Gasteiger partial charge in [0.25, 0.3) is 0 Å². The Bertz CT molecular complexity index is 632. The quantitative estimate of drug-likeness (QED) is 0.742. The normalized spacial score (nSPS) is 10.4. The number of hydrogen-bond donors (Lipinski definition) is 1. The van der Waals surface area contributed by atoms with Gasteiger partial charge < -0.3 is 10.1 Å². The summed E-state index contributed by atoms with van der Waals surface area (Å²) in [5.74, 6) is 0.829. The Morgan fingerprint density at radius 3 is 2.60 bits per heavy atom. The third-order valence-corrected chi connectivity index (χ3v) is 4.17. The summed E-state index contributed by atoms with van der Waals surface area (Å²) in [6, 6.07) is 9.56. The highest BCUT2D eigenvalue weighted by molar-refractivity contribution is 9.10. The number of nitrogens with one attached hydrogen (secondary N) is 1. The van der Waals surface area contributed by atoms with Crippen LogP contribution in [0.3, 0.4) is 0 Å². The molecule has 20 heavy (non-hydrogen) atoms. The first kappa shape index (κ1) is 15.5. The van der Waals surface area contributed by atoms with Gasteiger partial charge in [-0.05, 0) is 42.8 Å². The predicted molar refractivity (Wildman–Crippen MR) is 89.2 cm³/mol. The molecule has 0 heterocycles. The lowest BCUT2D eigenvalue weighted by Gasteiger charge is -2.13. The van der Waals surface area contributed by atoms with Crippen LogP contribution in [-0.2, 0) is 6.54 Å². The van der Waals surface area contributed by atoms with Crippen LogP contribution in [-0.4, -0.2) is 7.11 Å². The Morgan fingerprint density at radius 1 is 1.15 bits per heavy atom. The summed E-state index contributed by atoms with van der Waals surface area (Å²) in [4.78, 5) is 0. The average Bonchev–Trinajstić information content (AvgIpc) is 2.41. The maximum absolute atomic E-state index is 6.21. The maximum Gasteiger partial charge on any atom is 0.123 e. The molecule has 2 rings (SSSR count). The molecule has 2 nitrogen and oxygen atoms in total. The van der Waals surface area contributed by atoms with Gasteiger partial charge in [0, 0.05) is 21.6 Å². The van der Waals surface area contributed by atoms with Crippen LogP contribution in [0, 0.1) is 6.92 Å². The topological polar surface area (TPSA) is 21.3 Å². The van der Waals surface area contributed by atoms with Gasteiger partial charge in [-0.25, -0.2) is 0 Å². The highest BCUT2D eigenvalue weighted by Gasteiger charge is 2.07. The van der Waals surface area contributed by atoms with E-state index in [9.17, 15) is 0 Å². The molecule has 5 heteroatoms. The molecule has 0 bridgehead atoms. The number of aryl methyl sites for hydroxylation is 1. The van der Waals surface area contributed by atoms with E-state index in [1.807, 2.05) is 37.3 Å². The molecule has 2 aromatic carbocycles. The van der Waals surface area contributed by atoms with Gasteiger partial charge in [0.1, 0.15) is 5.75 Å². The molecule has 0 fully saturated rings. The van der Waals surface area contributed by atoms with Crippen molar-refractivity contribution in [3.05, 3.63) is 56.0 Å². The van der Waals surface area contributed by atoms with Crippen molar-refractivity contribution in [3.63, 3.8) is 0 Å². The zero-order valence-electron chi connectivity index (χ0n) is 11.1. The number of benzene rings is 2. The SMILES string of the molecule is COc1ccc(Br)cc1CNc1cc(Cl)c(C)cc1Cl. The maximum atomic E-state index is 6.21. The summed E-state index contributed by atoms with van der Waals surface area (Å²) < 4.78 is 6.34. The molecular weight excluding hydrogens is 361 g/mol. The molecule has 1 N–H and O–H groups in total. The first-order valence-corrected chi connectivity index (χ1v) is 7.58. The zero-order chi connectivity index (χ0) is 14.7. The van der Waals surface area contributed by atoms with Crippen LogP contribution in [0.5, 0.6) is 5.75 Å². The van der Waals surface area contributed by atoms with Gasteiger partial charge in [-0.3, -0.25) is 0 Å². The van der Waals surface area contributed by atoms with Gasteiger partial charge in [-0.2, -0.15) is 0 Å². The van der Waals surface area contributed by atoms with Crippen molar-refractivity contribution in [2.75, 3.05) is 12.4 Å². The zero-order valence-corrected chi connectivity index (χ0v) is 14.2. The minimum absolute atomic E-state index is 0.599. The third-order valence-electron chi connectivity index (χ3n) is 2.96. The molecule has 0 radical (unpaired) electrons. The fourth-order valence-electron chi connectivity index (χ4n) is 1.86. The third kappa shape index (κ3) is 3.60. The Balaban J connectivity index is 2.21. The summed E-state index contributed by atoms with van der Waals surface area (Å²) in [5.41, 5.74) is 2.81. The van der Waals surface area contributed by atoms with Crippen LogP contribution in [0.15, 0.2) is 34.8 Å².